The number of aromatic nitrogens is 1. The Labute approximate surface area is 165 Å². The molecule has 3 aromatic rings. The second kappa shape index (κ2) is 7.10. The molecule has 1 amide bonds. The molecule has 0 bridgehead atoms. The molecule has 2 aliphatic rings. The fraction of sp³-hybridized carbons (Fsp3) is 0.375. The molecule has 1 spiro atoms. The Balaban J connectivity index is 1.28. The largest absolute Gasteiger partial charge is 0.372 e. The first-order valence-corrected chi connectivity index (χ1v) is 10.2. The highest BCUT2D eigenvalue weighted by Crippen LogP contribution is 2.41. The van der Waals surface area contributed by atoms with Gasteiger partial charge in [-0.15, -0.1) is 0 Å². The number of hydrogen-bond donors (Lipinski definition) is 1. The summed E-state index contributed by atoms with van der Waals surface area (Å²) in [5.74, 6) is 0.639. The van der Waals surface area contributed by atoms with E-state index in [-0.39, 0.29) is 11.5 Å². The summed E-state index contributed by atoms with van der Waals surface area (Å²) in [6, 6.07) is 18.8. The van der Waals surface area contributed by atoms with Gasteiger partial charge in [-0.1, -0.05) is 48.5 Å². The maximum absolute atomic E-state index is 13.1. The maximum Gasteiger partial charge on any atom is 0.227 e. The number of ether oxygens (including phenoxy) is 1. The number of piperidine rings is 1. The molecule has 2 aromatic carbocycles. The number of fused-ring (bicyclic) bond motifs is 1. The summed E-state index contributed by atoms with van der Waals surface area (Å²) in [6.07, 6.45) is 5.49. The maximum atomic E-state index is 13.1. The first-order valence-electron chi connectivity index (χ1n) is 10.2. The Morgan fingerprint density at radius 3 is 2.86 bits per heavy atom. The molecule has 2 unspecified atom stereocenters. The van der Waals surface area contributed by atoms with Crippen molar-refractivity contribution in [2.75, 3.05) is 19.7 Å². The van der Waals surface area contributed by atoms with Crippen LogP contribution in [0.4, 0.5) is 0 Å². The summed E-state index contributed by atoms with van der Waals surface area (Å²) in [5, 5.41) is 1.14. The van der Waals surface area contributed by atoms with Crippen LogP contribution in [-0.4, -0.2) is 41.1 Å². The molecule has 2 aliphatic heterocycles. The van der Waals surface area contributed by atoms with Gasteiger partial charge < -0.3 is 14.6 Å². The molecule has 2 fully saturated rings. The highest BCUT2D eigenvalue weighted by atomic mass is 16.5. The highest BCUT2D eigenvalue weighted by Gasteiger charge is 2.44. The first-order chi connectivity index (χ1) is 13.7. The molecule has 2 atom stereocenters. The molecule has 28 heavy (non-hydrogen) atoms. The van der Waals surface area contributed by atoms with Crippen LogP contribution < -0.4 is 0 Å². The third kappa shape index (κ3) is 3.22. The van der Waals surface area contributed by atoms with Crippen molar-refractivity contribution in [2.45, 2.75) is 37.2 Å². The second-order valence-corrected chi connectivity index (χ2v) is 8.26. The number of hydrogen-bond acceptors (Lipinski definition) is 2. The minimum atomic E-state index is -0.172. The summed E-state index contributed by atoms with van der Waals surface area (Å²) < 4.78 is 6.33. The summed E-state index contributed by atoms with van der Waals surface area (Å²) in [4.78, 5) is 18.4. The summed E-state index contributed by atoms with van der Waals surface area (Å²) in [5.41, 5.74) is 3.34. The van der Waals surface area contributed by atoms with Crippen LogP contribution in [0.1, 0.15) is 36.3 Å². The van der Waals surface area contributed by atoms with Gasteiger partial charge in [-0.25, -0.2) is 0 Å². The van der Waals surface area contributed by atoms with E-state index in [1.807, 2.05) is 23.2 Å². The molecule has 0 radical (unpaired) electrons. The molecule has 144 valence electrons. The van der Waals surface area contributed by atoms with Crippen molar-refractivity contribution in [1.82, 2.24) is 9.88 Å². The van der Waals surface area contributed by atoms with Gasteiger partial charge in [0, 0.05) is 36.1 Å². The van der Waals surface area contributed by atoms with Gasteiger partial charge in [0.15, 0.2) is 0 Å². The lowest BCUT2D eigenvalue weighted by Crippen LogP contribution is -2.50. The molecule has 1 N–H and O–H groups in total. The Morgan fingerprint density at radius 1 is 1.14 bits per heavy atom. The fourth-order valence-corrected chi connectivity index (χ4v) is 4.93. The van der Waals surface area contributed by atoms with Gasteiger partial charge in [0.25, 0.3) is 0 Å². The van der Waals surface area contributed by atoms with E-state index >= 15 is 0 Å². The predicted molar refractivity (Wildman–Crippen MR) is 110 cm³/mol. The number of likely N-dealkylation sites (tertiary alicyclic amines) is 1. The molecule has 4 heteroatoms. The second-order valence-electron chi connectivity index (χ2n) is 8.26. The SMILES string of the molecule is O=C(Cc1c[nH]c2ccccc12)N1CCCC2(CC(c3ccccc3)CO2)C1. The molecule has 0 saturated carbocycles. The van der Waals surface area contributed by atoms with Gasteiger partial charge in [-0.3, -0.25) is 4.79 Å². The van der Waals surface area contributed by atoms with E-state index in [1.165, 1.54) is 5.56 Å². The summed E-state index contributed by atoms with van der Waals surface area (Å²) in [6.45, 7) is 2.31. The highest BCUT2D eigenvalue weighted by molar-refractivity contribution is 5.89. The van der Waals surface area contributed by atoms with E-state index < -0.39 is 0 Å². The Morgan fingerprint density at radius 2 is 1.96 bits per heavy atom. The van der Waals surface area contributed by atoms with Crippen molar-refractivity contribution in [3.8, 4) is 0 Å². The van der Waals surface area contributed by atoms with Crippen molar-refractivity contribution in [1.29, 1.82) is 0 Å². The van der Waals surface area contributed by atoms with Gasteiger partial charge in [0.05, 0.1) is 18.6 Å². The number of nitrogens with zero attached hydrogens (tertiary/aromatic N) is 1. The van der Waals surface area contributed by atoms with Crippen LogP contribution in [0.15, 0.2) is 60.8 Å². The van der Waals surface area contributed by atoms with Crippen molar-refractivity contribution in [3.63, 3.8) is 0 Å². The third-order valence-electron chi connectivity index (χ3n) is 6.39. The smallest absolute Gasteiger partial charge is 0.227 e. The molecule has 4 nitrogen and oxygen atoms in total. The number of carbonyl (C=O) groups excluding carboxylic acids is 1. The number of H-pyrrole nitrogens is 1. The Hall–Kier alpha value is -2.59. The van der Waals surface area contributed by atoms with Crippen LogP contribution in [-0.2, 0) is 16.0 Å². The Bertz CT molecular complexity index is 980. The normalized spacial score (nSPS) is 24.9. The monoisotopic (exact) mass is 374 g/mol. The summed E-state index contributed by atoms with van der Waals surface area (Å²) >= 11 is 0. The van der Waals surface area contributed by atoms with E-state index in [0.29, 0.717) is 12.3 Å². The number of carbonyl (C=O) groups is 1. The number of aromatic amines is 1. The average Bonchev–Trinajstić information content (AvgIpc) is 3.34. The van der Waals surface area contributed by atoms with E-state index in [0.717, 1.165) is 55.4 Å². The molecule has 5 rings (SSSR count). The number of amides is 1. The zero-order valence-corrected chi connectivity index (χ0v) is 16.1. The number of nitrogens with one attached hydrogen (secondary N) is 1. The zero-order chi connectivity index (χ0) is 19.0. The van der Waals surface area contributed by atoms with Gasteiger partial charge in [-0.05, 0) is 36.5 Å². The number of benzene rings is 2. The van der Waals surface area contributed by atoms with E-state index in [1.54, 1.807) is 0 Å². The van der Waals surface area contributed by atoms with Gasteiger partial charge in [-0.2, -0.15) is 0 Å². The lowest BCUT2D eigenvalue weighted by atomic mass is 9.84. The summed E-state index contributed by atoms with van der Waals surface area (Å²) in [7, 11) is 0. The minimum absolute atomic E-state index is 0.172. The Kier molecular flexibility index (Phi) is 4.44. The quantitative estimate of drug-likeness (QED) is 0.744. The molecule has 1 aromatic heterocycles. The van der Waals surface area contributed by atoms with Crippen molar-refractivity contribution in [2.24, 2.45) is 0 Å². The third-order valence-corrected chi connectivity index (χ3v) is 6.39. The van der Waals surface area contributed by atoms with Crippen LogP contribution >= 0.6 is 0 Å². The van der Waals surface area contributed by atoms with Crippen LogP contribution in [0.3, 0.4) is 0 Å². The molecular weight excluding hydrogens is 348 g/mol. The fourth-order valence-electron chi connectivity index (χ4n) is 4.93. The van der Waals surface area contributed by atoms with Crippen molar-refractivity contribution in [3.05, 3.63) is 71.9 Å². The number of para-hydroxylation sites is 1. The standard InChI is InChI=1S/C24H26N2O2/c27-23(13-19-15-25-22-10-5-4-9-21(19)22)26-12-6-11-24(17-26)14-20(16-28-24)18-7-2-1-3-8-18/h1-5,7-10,15,20,25H,6,11-14,16-17H2. The van der Waals surface area contributed by atoms with E-state index in [4.69, 9.17) is 4.74 Å². The molecule has 3 heterocycles. The average molecular weight is 374 g/mol. The lowest BCUT2D eigenvalue weighted by molar-refractivity contribution is -0.138. The van der Waals surface area contributed by atoms with Crippen LogP contribution in [0.2, 0.25) is 0 Å². The van der Waals surface area contributed by atoms with E-state index in [9.17, 15) is 4.79 Å². The number of rotatable bonds is 3. The van der Waals surface area contributed by atoms with Crippen LogP contribution in [0.5, 0.6) is 0 Å². The molecule has 2 saturated heterocycles. The van der Waals surface area contributed by atoms with Gasteiger partial charge >= 0.3 is 0 Å². The van der Waals surface area contributed by atoms with Gasteiger partial charge in [0.2, 0.25) is 5.91 Å². The molecular formula is C24H26N2O2. The molecule has 0 aliphatic carbocycles. The zero-order valence-electron chi connectivity index (χ0n) is 16.1. The van der Waals surface area contributed by atoms with Crippen LogP contribution in [0.25, 0.3) is 10.9 Å². The minimum Gasteiger partial charge on any atom is -0.372 e. The predicted octanol–water partition coefficient (Wildman–Crippen LogP) is 4.28. The lowest BCUT2D eigenvalue weighted by Gasteiger charge is -2.40. The van der Waals surface area contributed by atoms with Gasteiger partial charge in [0.1, 0.15) is 0 Å². The van der Waals surface area contributed by atoms with Crippen molar-refractivity contribution >= 4 is 16.8 Å². The topological polar surface area (TPSA) is 45.3 Å². The van der Waals surface area contributed by atoms with Crippen molar-refractivity contribution < 1.29 is 9.53 Å². The van der Waals surface area contributed by atoms with E-state index in [2.05, 4.69) is 47.4 Å². The first kappa shape index (κ1) is 17.5. The van der Waals surface area contributed by atoms with Crippen LogP contribution in [0, 0.1) is 0 Å².